The van der Waals surface area contributed by atoms with Crippen LogP contribution in [0.2, 0.25) is 0 Å². The monoisotopic (exact) mass is 352 g/mol. The van der Waals surface area contributed by atoms with Crippen molar-refractivity contribution in [1.29, 1.82) is 0 Å². The van der Waals surface area contributed by atoms with Gasteiger partial charge in [0.1, 0.15) is 12.4 Å². The van der Waals surface area contributed by atoms with Gasteiger partial charge in [-0.15, -0.1) is 0 Å². The van der Waals surface area contributed by atoms with Crippen molar-refractivity contribution < 1.29 is 9.53 Å². The molecular weight excluding hydrogens is 324 g/mol. The summed E-state index contributed by atoms with van der Waals surface area (Å²) in [5.41, 5.74) is 3.48. The average molecular weight is 352 g/mol. The van der Waals surface area contributed by atoms with Crippen LogP contribution in [0, 0.1) is 18.8 Å². The number of carbonyl (C=O) groups is 1. The van der Waals surface area contributed by atoms with Gasteiger partial charge in [0, 0.05) is 5.92 Å². The first-order valence-corrected chi connectivity index (χ1v) is 9.32. The lowest BCUT2D eigenvalue weighted by Crippen LogP contribution is -2.49. The Balaban J connectivity index is 1.52. The number of nitrogens with one attached hydrogen (secondary N) is 2. The molecule has 4 heteroatoms. The Morgan fingerprint density at radius 3 is 2.54 bits per heavy atom. The van der Waals surface area contributed by atoms with Gasteiger partial charge in [-0.2, -0.15) is 0 Å². The molecule has 0 spiro atoms. The second-order valence-corrected chi connectivity index (χ2v) is 7.28. The Bertz CT molecular complexity index is 738. The highest BCUT2D eigenvalue weighted by Crippen LogP contribution is 2.21. The number of ether oxygens (including phenoxy) is 1. The van der Waals surface area contributed by atoms with E-state index in [4.69, 9.17) is 4.74 Å². The normalized spacial score (nSPS) is 16.4. The van der Waals surface area contributed by atoms with Crippen molar-refractivity contribution in [3.05, 3.63) is 65.2 Å². The summed E-state index contributed by atoms with van der Waals surface area (Å²) in [6, 6.07) is 16.3. The Kier molecular flexibility index (Phi) is 5.94. The van der Waals surface area contributed by atoms with E-state index in [9.17, 15) is 4.79 Å². The van der Waals surface area contributed by atoms with Crippen molar-refractivity contribution >= 4 is 5.91 Å². The summed E-state index contributed by atoms with van der Waals surface area (Å²) >= 11 is 0. The van der Waals surface area contributed by atoms with Crippen molar-refractivity contribution in [2.24, 2.45) is 11.8 Å². The van der Waals surface area contributed by atoms with Gasteiger partial charge < -0.3 is 15.4 Å². The molecule has 0 bridgehead atoms. The van der Waals surface area contributed by atoms with E-state index < -0.39 is 0 Å². The van der Waals surface area contributed by atoms with Crippen LogP contribution in [0.3, 0.4) is 0 Å². The number of hydrogen-bond donors (Lipinski definition) is 2. The second-order valence-electron chi connectivity index (χ2n) is 7.28. The van der Waals surface area contributed by atoms with Gasteiger partial charge >= 0.3 is 0 Å². The summed E-state index contributed by atoms with van der Waals surface area (Å²) in [4.78, 5) is 12.4. The van der Waals surface area contributed by atoms with Gasteiger partial charge in [0.05, 0.1) is 6.04 Å². The van der Waals surface area contributed by atoms with Gasteiger partial charge in [-0.1, -0.05) is 48.9 Å². The van der Waals surface area contributed by atoms with E-state index >= 15 is 0 Å². The molecule has 2 unspecified atom stereocenters. The average Bonchev–Trinajstić information content (AvgIpc) is 2.59. The number of amides is 1. The van der Waals surface area contributed by atoms with Crippen LogP contribution in [0.1, 0.15) is 36.6 Å². The van der Waals surface area contributed by atoms with Gasteiger partial charge in [-0.3, -0.25) is 4.79 Å². The predicted molar refractivity (Wildman–Crippen MR) is 104 cm³/mol. The Morgan fingerprint density at radius 1 is 1.19 bits per heavy atom. The summed E-state index contributed by atoms with van der Waals surface area (Å²) < 4.78 is 5.86. The molecular formula is C22H28N2O2. The van der Waals surface area contributed by atoms with Crippen LogP contribution in [-0.2, 0) is 11.4 Å². The molecule has 0 aliphatic carbocycles. The zero-order valence-electron chi connectivity index (χ0n) is 15.8. The molecule has 138 valence electrons. The molecule has 26 heavy (non-hydrogen) atoms. The molecule has 1 amide bonds. The zero-order valence-corrected chi connectivity index (χ0v) is 15.8. The van der Waals surface area contributed by atoms with E-state index in [-0.39, 0.29) is 17.9 Å². The van der Waals surface area contributed by atoms with Crippen molar-refractivity contribution in [3.63, 3.8) is 0 Å². The van der Waals surface area contributed by atoms with Crippen molar-refractivity contribution in [2.45, 2.75) is 33.4 Å². The first kappa shape index (κ1) is 18.5. The third kappa shape index (κ3) is 4.64. The van der Waals surface area contributed by atoms with E-state index in [0.717, 1.165) is 30.0 Å². The van der Waals surface area contributed by atoms with Crippen LogP contribution < -0.4 is 15.4 Å². The van der Waals surface area contributed by atoms with E-state index in [1.54, 1.807) is 0 Å². The Morgan fingerprint density at radius 2 is 1.92 bits per heavy atom. The summed E-state index contributed by atoms with van der Waals surface area (Å²) in [6.45, 7) is 8.55. The molecule has 2 aromatic carbocycles. The smallest absolute Gasteiger partial charge is 0.223 e. The van der Waals surface area contributed by atoms with E-state index in [2.05, 4.69) is 35.8 Å². The molecule has 0 radical (unpaired) electrons. The minimum atomic E-state index is -0.0104. The maximum atomic E-state index is 12.4. The van der Waals surface area contributed by atoms with E-state index in [0.29, 0.717) is 12.5 Å². The molecule has 2 N–H and O–H groups in total. The molecule has 1 aliphatic heterocycles. The third-order valence-electron chi connectivity index (χ3n) is 5.16. The SMILES string of the molecule is Cc1cccc(COc2ccc(C(C)NC(=O)C(C)C3CNC3)cc2)c1. The Hall–Kier alpha value is -2.33. The summed E-state index contributed by atoms with van der Waals surface area (Å²) in [6.07, 6.45) is 0. The number of benzene rings is 2. The first-order chi connectivity index (χ1) is 12.5. The van der Waals surface area contributed by atoms with Gasteiger partial charge in [0.2, 0.25) is 5.91 Å². The predicted octanol–water partition coefficient (Wildman–Crippen LogP) is 3.61. The largest absolute Gasteiger partial charge is 0.489 e. The number of rotatable bonds is 7. The zero-order chi connectivity index (χ0) is 18.5. The lowest BCUT2D eigenvalue weighted by atomic mass is 9.88. The molecule has 1 heterocycles. The lowest BCUT2D eigenvalue weighted by Gasteiger charge is -2.32. The summed E-state index contributed by atoms with van der Waals surface area (Å²) in [7, 11) is 0. The van der Waals surface area contributed by atoms with E-state index in [1.165, 1.54) is 5.56 Å². The second kappa shape index (κ2) is 8.37. The van der Waals surface area contributed by atoms with Gasteiger partial charge in [-0.25, -0.2) is 0 Å². The molecule has 1 saturated heterocycles. The molecule has 0 saturated carbocycles. The van der Waals surface area contributed by atoms with Crippen molar-refractivity contribution in [1.82, 2.24) is 10.6 Å². The lowest BCUT2D eigenvalue weighted by molar-refractivity contribution is -0.127. The fourth-order valence-corrected chi connectivity index (χ4v) is 3.13. The van der Waals surface area contributed by atoms with Crippen LogP contribution >= 0.6 is 0 Å². The number of hydrogen-bond acceptors (Lipinski definition) is 3. The highest BCUT2D eigenvalue weighted by atomic mass is 16.5. The molecule has 3 rings (SSSR count). The minimum absolute atomic E-state index is 0.0104. The van der Waals surface area contributed by atoms with E-state index in [1.807, 2.05) is 44.2 Å². The highest BCUT2D eigenvalue weighted by Gasteiger charge is 2.29. The van der Waals surface area contributed by atoms with Crippen LogP contribution in [0.25, 0.3) is 0 Å². The Labute approximate surface area is 156 Å². The molecule has 4 nitrogen and oxygen atoms in total. The number of aryl methyl sites for hydroxylation is 1. The molecule has 2 aromatic rings. The van der Waals surface area contributed by atoms with Gasteiger partial charge in [-0.05, 0) is 56.1 Å². The maximum absolute atomic E-state index is 12.4. The van der Waals surface area contributed by atoms with Gasteiger partial charge in [0.25, 0.3) is 0 Å². The molecule has 1 aliphatic rings. The maximum Gasteiger partial charge on any atom is 0.223 e. The topological polar surface area (TPSA) is 50.4 Å². The molecule has 0 aromatic heterocycles. The third-order valence-corrected chi connectivity index (χ3v) is 5.16. The van der Waals surface area contributed by atoms with Gasteiger partial charge in [0.15, 0.2) is 0 Å². The van der Waals surface area contributed by atoms with Crippen molar-refractivity contribution in [2.75, 3.05) is 13.1 Å². The first-order valence-electron chi connectivity index (χ1n) is 9.32. The molecule has 1 fully saturated rings. The van der Waals surface area contributed by atoms with Crippen LogP contribution in [0.5, 0.6) is 5.75 Å². The van der Waals surface area contributed by atoms with Crippen LogP contribution in [-0.4, -0.2) is 19.0 Å². The summed E-state index contributed by atoms with van der Waals surface area (Å²) in [5, 5.41) is 6.34. The molecule has 2 atom stereocenters. The summed E-state index contributed by atoms with van der Waals surface area (Å²) in [5.74, 6) is 1.47. The quantitative estimate of drug-likeness (QED) is 0.800. The fraction of sp³-hybridized carbons (Fsp3) is 0.409. The minimum Gasteiger partial charge on any atom is -0.489 e. The van der Waals surface area contributed by atoms with Crippen LogP contribution in [0.15, 0.2) is 48.5 Å². The highest BCUT2D eigenvalue weighted by molar-refractivity contribution is 5.79. The standard InChI is InChI=1S/C22H28N2O2/c1-15-5-4-6-18(11-15)14-26-21-9-7-19(8-10-21)17(3)24-22(25)16(2)20-12-23-13-20/h4-11,16-17,20,23H,12-14H2,1-3H3,(H,24,25). The fourth-order valence-electron chi connectivity index (χ4n) is 3.13. The number of carbonyl (C=O) groups excluding carboxylic acids is 1. The van der Waals surface area contributed by atoms with Crippen molar-refractivity contribution in [3.8, 4) is 5.75 Å². The van der Waals surface area contributed by atoms with Crippen LogP contribution in [0.4, 0.5) is 0 Å².